The smallest absolute Gasteiger partial charge is 0.325 e. The molecule has 8 nitrogen and oxygen atoms in total. The van der Waals surface area contributed by atoms with E-state index in [1.165, 1.54) is 11.3 Å². The Balaban J connectivity index is 1.66. The Morgan fingerprint density at radius 3 is 2.62 bits per heavy atom. The van der Waals surface area contributed by atoms with Crippen LogP contribution in [0.2, 0.25) is 0 Å². The Labute approximate surface area is 152 Å². The maximum atomic E-state index is 12.7. The van der Waals surface area contributed by atoms with Gasteiger partial charge in [-0.2, -0.15) is 0 Å². The molecule has 0 aromatic carbocycles. The number of nitrogens with zero attached hydrogens (tertiary/aromatic N) is 3. The van der Waals surface area contributed by atoms with Crippen LogP contribution in [-0.4, -0.2) is 46.4 Å². The normalized spacial score (nSPS) is 23.4. The minimum Gasteiger partial charge on any atom is -0.347 e. The van der Waals surface area contributed by atoms with Crippen LogP contribution >= 0.6 is 0 Å². The molecule has 0 bridgehead atoms. The number of amides is 3. The number of carbonyl (C=O) groups excluding carboxylic acids is 2. The summed E-state index contributed by atoms with van der Waals surface area (Å²) in [6.45, 7) is 0.649. The first-order valence-corrected chi connectivity index (χ1v) is 9.55. The summed E-state index contributed by atoms with van der Waals surface area (Å²) in [6.07, 6.45) is 7.99. The van der Waals surface area contributed by atoms with Crippen molar-refractivity contribution in [1.29, 1.82) is 0 Å². The quantitative estimate of drug-likeness (QED) is 0.843. The molecule has 0 radical (unpaired) electrons. The highest BCUT2D eigenvalue weighted by atomic mass is 16.2. The van der Waals surface area contributed by atoms with Crippen molar-refractivity contribution in [3.63, 3.8) is 0 Å². The van der Waals surface area contributed by atoms with Crippen molar-refractivity contribution in [2.75, 3.05) is 18.5 Å². The van der Waals surface area contributed by atoms with Gasteiger partial charge in [-0.1, -0.05) is 19.3 Å². The summed E-state index contributed by atoms with van der Waals surface area (Å²) in [7, 11) is 1.61. The monoisotopic (exact) mass is 359 g/mol. The van der Waals surface area contributed by atoms with E-state index in [-0.39, 0.29) is 35.4 Å². The van der Waals surface area contributed by atoms with Crippen LogP contribution in [0.3, 0.4) is 0 Å². The van der Waals surface area contributed by atoms with Crippen LogP contribution in [0.1, 0.15) is 73.6 Å². The molecule has 140 valence electrons. The van der Waals surface area contributed by atoms with E-state index < -0.39 is 0 Å². The fourth-order valence-corrected chi connectivity index (χ4v) is 4.38. The Bertz CT molecular complexity index is 784. The molecule has 1 aromatic rings. The number of rotatable bonds is 2. The fourth-order valence-electron chi connectivity index (χ4n) is 4.38. The first kappa shape index (κ1) is 17.1. The topological polar surface area (TPSA) is 98.4 Å². The molecule has 4 rings (SSSR count). The molecule has 3 amide bonds. The number of urea groups is 1. The van der Waals surface area contributed by atoms with Gasteiger partial charge < -0.3 is 15.2 Å². The van der Waals surface area contributed by atoms with E-state index in [1.807, 2.05) is 0 Å². The van der Waals surface area contributed by atoms with Gasteiger partial charge >= 0.3 is 6.03 Å². The molecule has 3 heterocycles. The maximum Gasteiger partial charge on any atom is 0.325 e. The second-order valence-corrected chi connectivity index (χ2v) is 7.51. The number of aromatic nitrogens is 2. The molecule has 2 N–H and O–H groups in total. The molecule has 1 aromatic heterocycles. The highest BCUT2D eigenvalue weighted by Gasteiger charge is 2.40. The highest BCUT2D eigenvalue weighted by molar-refractivity contribution is 5.95. The van der Waals surface area contributed by atoms with Crippen LogP contribution in [0.4, 0.5) is 10.6 Å². The predicted molar refractivity (Wildman–Crippen MR) is 96.3 cm³/mol. The minimum atomic E-state index is -0.372. The molecule has 8 heteroatoms. The maximum absolute atomic E-state index is 12.7. The largest absolute Gasteiger partial charge is 0.347 e. The third-order valence-corrected chi connectivity index (χ3v) is 5.78. The zero-order chi connectivity index (χ0) is 18.3. The number of hydrogen-bond donors (Lipinski definition) is 2. The lowest BCUT2D eigenvalue weighted by atomic mass is 9.94. The first-order chi connectivity index (χ1) is 12.6. The zero-order valence-electron chi connectivity index (χ0n) is 15.1. The summed E-state index contributed by atoms with van der Waals surface area (Å²) in [5, 5.41) is 2.97. The van der Waals surface area contributed by atoms with Gasteiger partial charge in [0.1, 0.15) is 5.82 Å². The van der Waals surface area contributed by atoms with Crippen molar-refractivity contribution in [2.45, 2.75) is 63.5 Å². The molecule has 2 fully saturated rings. The molecule has 1 saturated heterocycles. The third kappa shape index (κ3) is 2.87. The standard InChI is InChI=1S/C18H25N5O3/c1-22-15-13(12-9-5-6-10-23(12)18(22)26)16(24)21-14(20-15)17(25)19-11-7-3-2-4-8-11/h11-12H,2-10H2,1H3,(H,19,25)(H,20,21,24). The summed E-state index contributed by atoms with van der Waals surface area (Å²) in [4.78, 5) is 48.1. The summed E-state index contributed by atoms with van der Waals surface area (Å²) < 4.78 is 0. The van der Waals surface area contributed by atoms with Crippen molar-refractivity contribution in [3.8, 4) is 0 Å². The summed E-state index contributed by atoms with van der Waals surface area (Å²) in [6, 6.07) is -0.265. The van der Waals surface area contributed by atoms with Gasteiger partial charge in [0.05, 0.1) is 11.6 Å². The molecule has 1 saturated carbocycles. The molecule has 1 unspecified atom stereocenters. The van der Waals surface area contributed by atoms with Crippen LogP contribution in [0.25, 0.3) is 0 Å². The van der Waals surface area contributed by atoms with Gasteiger partial charge in [-0.3, -0.25) is 14.5 Å². The minimum absolute atomic E-state index is 0.0109. The van der Waals surface area contributed by atoms with Crippen LogP contribution < -0.4 is 15.8 Å². The number of anilines is 1. The number of H-pyrrole nitrogens is 1. The zero-order valence-corrected chi connectivity index (χ0v) is 15.1. The lowest BCUT2D eigenvalue weighted by molar-refractivity contribution is 0.0915. The van der Waals surface area contributed by atoms with E-state index in [4.69, 9.17) is 0 Å². The number of carbonyl (C=O) groups is 2. The second-order valence-electron chi connectivity index (χ2n) is 7.51. The molecule has 0 spiro atoms. The summed E-state index contributed by atoms with van der Waals surface area (Å²) >= 11 is 0. The van der Waals surface area contributed by atoms with Crippen molar-refractivity contribution < 1.29 is 9.59 Å². The van der Waals surface area contributed by atoms with Gasteiger partial charge in [-0.15, -0.1) is 0 Å². The SMILES string of the molecule is CN1C(=O)N2CCCCC2c2c1nc(C(=O)NC1CCCCC1)[nH]c2=O. The first-order valence-electron chi connectivity index (χ1n) is 9.55. The van der Waals surface area contributed by atoms with E-state index >= 15 is 0 Å². The Hall–Kier alpha value is -2.38. The van der Waals surface area contributed by atoms with Crippen molar-refractivity contribution in [1.82, 2.24) is 20.2 Å². The van der Waals surface area contributed by atoms with E-state index in [2.05, 4.69) is 15.3 Å². The van der Waals surface area contributed by atoms with Gasteiger partial charge in [-0.05, 0) is 32.1 Å². The molecule has 26 heavy (non-hydrogen) atoms. The summed E-state index contributed by atoms with van der Waals surface area (Å²) in [5.41, 5.74) is 0.182. The number of nitrogens with one attached hydrogen (secondary N) is 2. The lowest BCUT2D eigenvalue weighted by Crippen LogP contribution is -2.52. The van der Waals surface area contributed by atoms with E-state index in [0.717, 1.165) is 44.9 Å². The molecular weight excluding hydrogens is 334 g/mol. The van der Waals surface area contributed by atoms with Gasteiger partial charge in [0.25, 0.3) is 11.5 Å². The average molecular weight is 359 g/mol. The Kier molecular flexibility index (Phi) is 4.42. The van der Waals surface area contributed by atoms with Crippen molar-refractivity contribution in [3.05, 3.63) is 21.7 Å². The molecule has 3 aliphatic rings. The second kappa shape index (κ2) is 6.74. The number of hydrogen-bond acceptors (Lipinski definition) is 4. The van der Waals surface area contributed by atoms with Gasteiger partial charge in [0.15, 0.2) is 0 Å². The molecule has 1 atom stereocenters. The van der Waals surface area contributed by atoms with Gasteiger partial charge in [0.2, 0.25) is 5.82 Å². The van der Waals surface area contributed by atoms with Crippen molar-refractivity contribution >= 4 is 17.8 Å². The predicted octanol–water partition coefficient (Wildman–Crippen LogP) is 1.93. The molecule has 2 aliphatic heterocycles. The van der Waals surface area contributed by atoms with Gasteiger partial charge in [-0.25, -0.2) is 9.78 Å². The highest BCUT2D eigenvalue weighted by Crippen LogP contribution is 2.38. The van der Waals surface area contributed by atoms with E-state index in [9.17, 15) is 14.4 Å². The number of piperidine rings is 1. The lowest BCUT2D eigenvalue weighted by Gasteiger charge is -2.42. The van der Waals surface area contributed by atoms with Gasteiger partial charge in [0, 0.05) is 19.6 Å². The third-order valence-electron chi connectivity index (χ3n) is 5.78. The molecule has 1 aliphatic carbocycles. The number of aromatic amines is 1. The number of fused-ring (bicyclic) bond motifs is 3. The van der Waals surface area contributed by atoms with Crippen LogP contribution in [0.15, 0.2) is 4.79 Å². The Morgan fingerprint density at radius 1 is 1.12 bits per heavy atom. The summed E-state index contributed by atoms with van der Waals surface area (Å²) in [5.74, 6) is -0.0670. The van der Waals surface area contributed by atoms with Crippen molar-refractivity contribution in [2.24, 2.45) is 0 Å². The van der Waals surface area contributed by atoms with Crippen LogP contribution in [0, 0.1) is 0 Å². The van der Waals surface area contributed by atoms with Crippen LogP contribution in [-0.2, 0) is 0 Å². The Morgan fingerprint density at radius 2 is 1.85 bits per heavy atom. The van der Waals surface area contributed by atoms with Crippen LogP contribution in [0.5, 0.6) is 0 Å². The average Bonchev–Trinajstić information content (AvgIpc) is 2.66. The van der Waals surface area contributed by atoms with E-state index in [1.54, 1.807) is 11.9 Å². The fraction of sp³-hybridized carbons (Fsp3) is 0.667. The molecular formula is C18H25N5O3. The van der Waals surface area contributed by atoms with E-state index in [0.29, 0.717) is 17.9 Å².